The second-order valence-electron chi connectivity index (χ2n) is 8.32. The lowest BCUT2D eigenvalue weighted by molar-refractivity contribution is -0.142. The summed E-state index contributed by atoms with van der Waals surface area (Å²) < 4.78 is 45.2. The van der Waals surface area contributed by atoms with Crippen molar-refractivity contribution in [2.45, 2.75) is 32.0 Å². The van der Waals surface area contributed by atoms with Gasteiger partial charge in [0.15, 0.2) is 0 Å². The molecule has 8 nitrogen and oxygen atoms in total. The quantitative estimate of drug-likeness (QED) is 0.509. The SMILES string of the molecule is Cc1ccc(Oc2cccc(CC(=O)N3CCNc4nc(C(F)(F)F)ccc4[C@H]3CC(=O)O)c2)cn1. The number of amides is 1. The van der Waals surface area contributed by atoms with E-state index < -0.39 is 30.3 Å². The fourth-order valence-electron chi connectivity index (χ4n) is 3.99. The van der Waals surface area contributed by atoms with Crippen LogP contribution in [0.4, 0.5) is 19.0 Å². The molecule has 0 bridgehead atoms. The van der Waals surface area contributed by atoms with Gasteiger partial charge in [-0.2, -0.15) is 13.2 Å². The molecule has 1 aliphatic heterocycles. The molecule has 3 aromatic rings. The average molecular weight is 500 g/mol. The lowest BCUT2D eigenvalue weighted by atomic mass is 10.0. The maximum atomic E-state index is 13.3. The maximum absolute atomic E-state index is 13.3. The second kappa shape index (κ2) is 10.2. The minimum Gasteiger partial charge on any atom is -0.481 e. The summed E-state index contributed by atoms with van der Waals surface area (Å²) >= 11 is 0. The molecule has 1 atom stereocenters. The van der Waals surface area contributed by atoms with Gasteiger partial charge in [0.1, 0.15) is 23.0 Å². The highest BCUT2D eigenvalue weighted by atomic mass is 19.4. The van der Waals surface area contributed by atoms with E-state index in [1.54, 1.807) is 36.5 Å². The van der Waals surface area contributed by atoms with Gasteiger partial charge in [-0.3, -0.25) is 14.6 Å². The zero-order valence-corrected chi connectivity index (χ0v) is 19.2. The van der Waals surface area contributed by atoms with Gasteiger partial charge in [0, 0.05) is 24.3 Å². The number of aryl methyl sites for hydroxylation is 1. The van der Waals surface area contributed by atoms with Crippen LogP contribution in [0.25, 0.3) is 0 Å². The van der Waals surface area contributed by atoms with Crippen LogP contribution in [-0.2, 0) is 22.2 Å². The number of rotatable bonds is 6. The van der Waals surface area contributed by atoms with Crippen molar-refractivity contribution in [1.29, 1.82) is 0 Å². The van der Waals surface area contributed by atoms with Crippen LogP contribution in [0.5, 0.6) is 11.5 Å². The number of carbonyl (C=O) groups excluding carboxylic acids is 1. The number of alkyl halides is 3. The van der Waals surface area contributed by atoms with Gasteiger partial charge in [-0.05, 0) is 42.8 Å². The Labute approximate surface area is 204 Å². The van der Waals surface area contributed by atoms with E-state index in [4.69, 9.17) is 4.74 Å². The van der Waals surface area contributed by atoms with Crippen molar-refractivity contribution in [3.05, 3.63) is 77.2 Å². The number of aliphatic carboxylic acids is 1. The van der Waals surface area contributed by atoms with Crippen molar-refractivity contribution in [3.63, 3.8) is 0 Å². The minimum atomic E-state index is -4.65. The monoisotopic (exact) mass is 500 g/mol. The van der Waals surface area contributed by atoms with Crippen molar-refractivity contribution in [3.8, 4) is 11.5 Å². The van der Waals surface area contributed by atoms with Crippen LogP contribution in [0.15, 0.2) is 54.7 Å². The number of nitrogens with zero attached hydrogens (tertiary/aromatic N) is 3. The van der Waals surface area contributed by atoms with Crippen molar-refractivity contribution in [1.82, 2.24) is 14.9 Å². The van der Waals surface area contributed by atoms with Crippen LogP contribution in [0, 0.1) is 6.92 Å². The number of carbonyl (C=O) groups is 2. The Morgan fingerprint density at radius 1 is 1.17 bits per heavy atom. The first-order chi connectivity index (χ1) is 17.1. The first kappa shape index (κ1) is 25.0. The average Bonchev–Trinajstić information content (AvgIpc) is 2.99. The summed E-state index contributed by atoms with van der Waals surface area (Å²) in [6.07, 6.45) is -3.59. The second-order valence-corrected chi connectivity index (χ2v) is 8.32. The van der Waals surface area contributed by atoms with Crippen LogP contribution in [0.3, 0.4) is 0 Å². The first-order valence-corrected chi connectivity index (χ1v) is 11.1. The van der Waals surface area contributed by atoms with E-state index in [0.29, 0.717) is 17.1 Å². The molecule has 3 heterocycles. The van der Waals surface area contributed by atoms with Gasteiger partial charge in [-0.15, -0.1) is 0 Å². The Balaban J connectivity index is 1.56. The fraction of sp³-hybridized carbons (Fsp3) is 0.280. The Bertz CT molecular complexity index is 1260. The van der Waals surface area contributed by atoms with Crippen LogP contribution in [0.2, 0.25) is 0 Å². The molecule has 36 heavy (non-hydrogen) atoms. The molecule has 0 saturated carbocycles. The van der Waals surface area contributed by atoms with Gasteiger partial charge in [0.05, 0.1) is 25.1 Å². The van der Waals surface area contributed by atoms with Crippen LogP contribution < -0.4 is 10.1 Å². The maximum Gasteiger partial charge on any atom is 0.433 e. The van der Waals surface area contributed by atoms with Crippen LogP contribution in [0.1, 0.15) is 35.0 Å². The molecule has 4 rings (SSSR count). The molecular weight excluding hydrogens is 477 g/mol. The Morgan fingerprint density at radius 2 is 1.97 bits per heavy atom. The topological polar surface area (TPSA) is 105 Å². The summed E-state index contributed by atoms with van der Waals surface area (Å²) in [6.45, 7) is 2.07. The third kappa shape index (κ3) is 5.91. The highest BCUT2D eigenvalue weighted by Crippen LogP contribution is 2.36. The smallest absolute Gasteiger partial charge is 0.433 e. The van der Waals surface area contributed by atoms with E-state index in [2.05, 4.69) is 15.3 Å². The van der Waals surface area contributed by atoms with Crippen LogP contribution >= 0.6 is 0 Å². The number of halogens is 3. The van der Waals surface area contributed by atoms with E-state index >= 15 is 0 Å². The van der Waals surface area contributed by atoms with E-state index in [1.807, 2.05) is 13.0 Å². The molecule has 1 aromatic carbocycles. The third-order valence-electron chi connectivity index (χ3n) is 5.66. The Morgan fingerprint density at radius 3 is 2.67 bits per heavy atom. The van der Waals surface area contributed by atoms with Crippen molar-refractivity contribution < 1.29 is 32.6 Å². The summed E-state index contributed by atoms with van der Waals surface area (Å²) in [5, 5.41) is 12.3. The molecule has 0 saturated heterocycles. The molecule has 0 aliphatic carbocycles. The van der Waals surface area contributed by atoms with E-state index in [0.717, 1.165) is 11.8 Å². The number of ether oxygens (including phenoxy) is 1. The molecule has 0 fully saturated rings. The lowest BCUT2D eigenvalue weighted by Crippen LogP contribution is -2.38. The predicted molar refractivity (Wildman–Crippen MR) is 124 cm³/mol. The van der Waals surface area contributed by atoms with Gasteiger partial charge in [-0.1, -0.05) is 18.2 Å². The lowest BCUT2D eigenvalue weighted by Gasteiger charge is -2.29. The summed E-state index contributed by atoms with van der Waals surface area (Å²) in [5.74, 6) is -0.600. The zero-order valence-electron chi connectivity index (χ0n) is 19.2. The highest BCUT2D eigenvalue weighted by Gasteiger charge is 2.36. The number of anilines is 1. The molecule has 2 aromatic heterocycles. The number of carboxylic acids is 1. The highest BCUT2D eigenvalue weighted by molar-refractivity contribution is 5.81. The van der Waals surface area contributed by atoms with Crippen molar-refractivity contribution in [2.24, 2.45) is 0 Å². The number of benzene rings is 1. The standard InChI is InChI=1S/C25H23F3N4O4/c1-15-5-6-18(14-30-15)36-17-4-2-3-16(11-17)12-22(33)32-10-9-29-24-19(20(32)13-23(34)35)7-8-21(31-24)25(26,27)28/h2-8,11,14,20H,9-10,12-13H2,1H3,(H,29,31)(H,34,35)/t20-/m1/s1. The Hall–Kier alpha value is -4.15. The fourth-order valence-corrected chi connectivity index (χ4v) is 3.99. The largest absolute Gasteiger partial charge is 0.481 e. The molecule has 188 valence electrons. The summed E-state index contributed by atoms with van der Waals surface area (Å²) in [6, 6.07) is 11.5. The van der Waals surface area contributed by atoms with Gasteiger partial charge in [0.2, 0.25) is 5.91 Å². The van der Waals surface area contributed by atoms with Crippen molar-refractivity contribution >= 4 is 17.7 Å². The zero-order chi connectivity index (χ0) is 25.9. The summed E-state index contributed by atoms with van der Waals surface area (Å²) in [5.41, 5.74) is 0.606. The minimum absolute atomic E-state index is 0.0527. The number of carboxylic acid groups (broad SMARTS) is 1. The van der Waals surface area contributed by atoms with E-state index in [-0.39, 0.29) is 36.8 Å². The molecule has 0 radical (unpaired) electrons. The third-order valence-corrected chi connectivity index (χ3v) is 5.66. The molecule has 1 amide bonds. The molecular formula is C25H23F3N4O4. The Kier molecular flexibility index (Phi) is 7.09. The first-order valence-electron chi connectivity index (χ1n) is 11.1. The number of pyridine rings is 2. The molecule has 0 spiro atoms. The summed E-state index contributed by atoms with van der Waals surface area (Å²) in [4.78, 5) is 34.1. The number of aromatic nitrogens is 2. The normalized spacial score (nSPS) is 15.4. The van der Waals surface area contributed by atoms with Gasteiger partial charge in [-0.25, -0.2) is 4.98 Å². The molecule has 0 unspecified atom stereocenters. The molecule has 11 heteroatoms. The van der Waals surface area contributed by atoms with E-state index in [9.17, 15) is 27.9 Å². The predicted octanol–water partition coefficient (Wildman–Crippen LogP) is 4.61. The molecule has 1 aliphatic rings. The number of fused-ring (bicyclic) bond motifs is 1. The number of hydrogen-bond acceptors (Lipinski definition) is 6. The van der Waals surface area contributed by atoms with E-state index in [1.165, 1.54) is 11.0 Å². The molecule has 2 N–H and O–H groups in total. The van der Waals surface area contributed by atoms with Gasteiger partial charge in [0.25, 0.3) is 0 Å². The van der Waals surface area contributed by atoms with Crippen molar-refractivity contribution in [2.75, 3.05) is 18.4 Å². The van der Waals surface area contributed by atoms with Crippen LogP contribution in [-0.4, -0.2) is 44.9 Å². The van der Waals surface area contributed by atoms with Gasteiger partial charge < -0.3 is 20.1 Å². The van der Waals surface area contributed by atoms with Gasteiger partial charge >= 0.3 is 12.1 Å². The summed E-state index contributed by atoms with van der Waals surface area (Å²) in [7, 11) is 0. The number of nitrogens with one attached hydrogen (secondary N) is 1. The number of hydrogen-bond donors (Lipinski definition) is 2.